The van der Waals surface area contributed by atoms with Crippen molar-refractivity contribution in [3.8, 4) is 12.3 Å². The molecule has 1 fully saturated rings. The monoisotopic (exact) mass is 152 g/mol. The van der Waals surface area contributed by atoms with Gasteiger partial charge in [0.05, 0.1) is 6.54 Å². The lowest BCUT2D eigenvalue weighted by Crippen LogP contribution is -2.36. The third-order valence-electron chi connectivity index (χ3n) is 2.43. The van der Waals surface area contributed by atoms with E-state index in [9.17, 15) is 0 Å². The van der Waals surface area contributed by atoms with E-state index in [0.29, 0.717) is 18.5 Å². The molecule has 11 heavy (non-hydrogen) atoms. The largest absolute Gasteiger partial charge is 0.330 e. The van der Waals surface area contributed by atoms with Crippen molar-refractivity contribution in [2.24, 2.45) is 11.7 Å². The first-order valence-corrected chi connectivity index (χ1v) is 4.25. The molecule has 2 unspecified atom stereocenters. The van der Waals surface area contributed by atoms with E-state index in [4.69, 9.17) is 12.2 Å². The average Bonchev–Trinajstić information content (AvgIpc) is 2.47. The molecule has 0 aliphatic heterocycles. The Kier molecular flexibility index (Phi) is 3.41. The Morgan fingerprint density at radius 3 is 3.00 bits per heavy atom. The molecule has 2 atom stereocenters. The Morgan fingerprint density at radius 1 is 1.55 bits per heavy atom. The average molecular weight is 152 g/mol. The van der Waals surface area contributed by atoms with Gasteiger partial charge in [0.1, 0.15) is 0 Å². The highest BCUT2D eigenvalue weighted by Gasteiger charge is 2.24. The van der Waals surface area contributed by atoms with Crippen LogP contribution in [0.2, 0.25) is 0 Å². The Labute approximate surface area is 68.5 Å². The summed E-state index contributed by atoms with van der Waals surface area (Å²) in [7, 11) is 0. The zero-order valence-corrected chi connectivity index (χ0v) is 6.84. The molecular weight excluding hydrogens is 136 g/mol. The quantitative estimate of drug-likeness (QED) is 0.572. The lowest BCUT2D eigenvalue weighted by molar-refractivity contribution is 0.424. The molecule has 1 saturated carbocycles. The Morgan fingerprint density at radius 2 is 2.36 bits per heavy atom. The molecule has 0 aromatic carbocycles. The van der Waals surface area contributed by atoms with E-state index >= 15 is 0 Å². The van der Waals surface area contributed by atoms with E-state index in [1.165, 1.54) is 19.3 Å². The summed E-state index contributed by atoms with van der Waals surface area (Å²) in [5, 5.41) is 3.32. The van der Waals surface area contributed by atoms with Gasteiger partial charge in [0.25, 0.3) is 0 Å². The van der Waals surface area contributed by atoms with Crippen LogP contribution in [0.4, 0.5) is 0 Å². The molecule has 0 aromatic rings. The summed E-state index contributed by atoms with van der Waals surface area (Å²) in [4.78, 5) is 0. The first kappa shape index (κ1) is 8.58. The fourth-order valence-electron chi connectivity index (χ4n) is 1.78. The zero-order valence-electron chi connectivity index (χ0n) is 6.84. The van der Waals surface area contributed by atoms with Gasteiger partial charge in [-0.1, -0.05) is 12.3 Å². The van der Waals surface area contributed by atoms with Crippen LogP contribution in [0.5, 0.6) is 0 Å². The summed E-state index contributed by atoms with van der Waals surface area (Å²) in [5.74, 6) is 3.24. The van der Waals surface area contributed by atoms with Gasteiger partial charge in [0, 0.05) is 6.04 Å². The van der Waals surface area contributed by atoms with Crippen molar-refractivity contribution in [3.63, 3.8) is 0 Å². The van der Waals surface area contributed by atoms with Crippen LogP contribution in [0.25, 0.3) is 0 Å². The van der Waals surface area contributed by atoms with Crippen molar-refractivity contribution in [2.75, 3.05) is 13.1 Å². The van der Waals surface area contributed by atoms with Crippen molar-refractivity contribution < 1.29 is 0 Å². The number of rotatable bonds is 3. The smallest absolute Gasteiger partial charge is 0.0576 e. The molecule has 2 nitrogen and oxygen atoms in total. The molecule has 0 amide bonds. The second-order valence-electron chi connectivity index (χ2n) is 3.12. The SMILES string of the molecule is C#CCNC1CCCC1CN. The minimum atomic E-state index is 0.580. The van der Waals surface area contributed by atoms with Crippen LogP contribution in [0.15, 0.2) is 0 Å². The minimum Gasteiger partial charge on any atom is -0.330 e. The molecule has 0 spiro atoms. The summed E-state index contributed by atoms with van der Waals surface area (Å²) in [6.07, 6.45) is 8.95. The molecule has 3 N–H and O–H groups in total. The third-order valence-corrected chi connectivity index (χ3v) is 2.43. The zero-order chi connectivity index (χ0) is 8.10. The summed E-state index contributed by atoms with van der Waals surface area (Å²) in [6.45, 7) is 1.48. The standard InChI is InChI=1S/C9H16N2/c1-2-6-11-9-5-3-4-8(9)7-10/h1,8-9,11H,3-7,10H2. The lowest BCUT2D eigenvalue weighted by Gasteiger charge is -2.17. The topological polar surface area (TPSA) is 38.0 Å². The van der Waals surface area contributed by atoms with Gasteiger partial charge in [-0.05, 0) is 25.3 Å². The number of nitrogens with one attached hydrogen (secondary N) is 1. The van der Waals surface area contributed by atoms with Gasteiger partial charge in [-0.3, -0.25) is 0 Å². The van der Waals surface area contributed by atoms with E-state index in [0.717, 1.165) is 6.54 Å². The predicted molar refractivity (Wildman–Crippen MR) is 47.0 cm³/mol. The minimum absolute atomic E-state index is 0.580. The molecule has 1 aliphatic rings. The highest BCUT2D eigenvalue weighted by atomic mass is 14.9. The van der Waals surface area contributed by atoms with E-state index in [1.54, 1.807) is 0 Å². The molecule has 62 valence electrons. The summed E-state index contributed by atoms with van der Waals surface area (Å²) in [5.41, 5.74) is 5.60. The number of hydrogen-bond donors (Lipinski definition) is 2. The van der Waals surface area contributed by atoms with E-state index < -0.39 is 0 Å². The van der Waals surface area contributed by atoms with Gasteiger partial charge >= 0.3 is 0 Å². The van der Waals surface area contributed by atoms with E-state index in [1.807, 2.05) is 0 Å². The molecule has 0 radical (unpaired) electrons. The fourth-order valence-corrected chi connectivity index (χ4v) is 1.78. The highest BCUT2D eigenvalue weighted by molar-refractivity contribution is 4.91. The van der Waals surface area contributed by atoms with Crippen LogP contribution < -0.4 is 11.1 Å². The number of hydrogen-bond acceptors (Lipinski definition) is 2. The summed E-state index contributed by atoms with van der Waals surface area (Å²) >= 11 is 0. The van der Waals surface area contributed by atoms with Crippen molar-refractivity contribution in [2.45, 2.75) is 25.3 Å². The van der Waals surface area contributed by atoms with Crippen molar-refractivity contribution >= 4 is 0 Å². The van der Waals surface area contributed by atoms with E-state index in [2.05, 4.69) is 11.2 Å². The molecule has 0 aromatic heterocycles. The normalized spacial score (nSPS) is 30.2. The summed E-state index contributed by atoms with van der Waals surface area (Å²) in [6, 6.07) is 0.580. The predicted octanol–water partition coefficient (Wildman–Crippen LogP) is 0.337. The third kappa shape index (κ3) is 2.21. The van der Waals surface area contributed by atoms with Crippen LogP contribution in [0.1, 0.15) is 19.3 Å². The van der Waals surface area contributed by atoms with Gasteiger partial charge in [-0.2, -0.15) is 0 Å². The molecule has 2 heteroatoms. The van der Waals surface area contributed by atoms with Gasteiger partial charge < -0.3 is 11.1 Å². The number of nitrogens with two attached hydrogens (primary N) is 1. The van der Waals surface area contributed by atoms with Crippen LogP contribution in [-0.4, -0.2) is 19.1 Å². The van der Waals surface area contributed by atoms with Crippen LogP contribution >= 0.6 is 0 Å². The molecule has 0 heterocycles. The van der Waals surface area contributed by atoms with Crippen LogP contribution in [-0.2, 0) is 0 Å². The van der Waals surface area contributed by atoms with Gasteiger partial charge in [-0.25, -0.2) is 0 Å². The van der Waals surface area contributed by atoms with Gasteiger partial charge in [0.2, 0.25) is 0 Å². The van der Waals surface area contributed by atoms with Gasteiger partial charge in [0.15, 0.2) is 0 Å². The summed E-state index contributed by atoms with van der Waals surface area (Å²) < 4.78 is 0. The van der Waals surface area contributed by atoms with Crippen molar-refractivity contribution in [1.82, 2.24) is 5.32 Å². The molecule has 1 rings (SSSR count). The Bertz CT molecular complexity index is 148. The van der Waals surface area contributed by atoms with Crippen LogP contribution in [0.3, 0.4) is 0 Å². The molecule has 0 saturated heterocycles. The first-order valence-electron chi connectivity index (χ1n) is 4.25. The highest BCUT2D eigenvalue weighted by Crippen LogP contribution is 2.24. The maximum atomic E-state index is 5.60. The molecule has 1 aliphatic carbocycles. The fraction of sp³-hybridized carbons (Fsp3) is 0.778. The Balaban J connectivity index is 2.27. The second kappa shape index (κ2) is 4.38. The lowest BCUT2D eigenvalue weighted by atomic mass is 10.0. The number of terminal acetylenes is 1. The molecular formula is C9H16N2. The second-order valence-corrected chi connectivity index (χ2v) is 3.12. The van der Waals surface area contributed by atoms with Crippen molar-refractivity contribution in [3.05, 3.63) is 0 Å². The molecule has 0 bridgehead atoms. The first-order chi connectivity index (χ1) is 5.38. The maximum absolute atomic E-state index is 5.60. The Hall–Kier alpha value is -0.520. The van der Waals surface area contributed by atoms with Crippen molar-refractivity contribution in [1.29, 1.82) is 0 Å². The maximum Gasteiger partial charge on any atom is 0.0576 e. The van der Waals surface area contributed by atoms with E-state index in [-0.39, 0.29) is 0 Å². The van der Waals surface area contributed by atoms with Crippen LogP contribution in [0, 0.1) is 18.3 Å². The van der Waals surface area contributed by atoms with Gasteiger partial charge in [-0.15, -0.1) is 6.42 Å².